The van der Waals surface area contributed by atoms with Gasteiger partial charge in [0.2, 0.25) is 0 Å². The number of hydrogen-bond acceptors (Lipinski definition) is 5. The summed E-state index contributed by atoms with van der Waals surface area (Å²) >= 11 is 0. The summed E-state index contributed by atoms with van der Waals surface area (Å²) in [4.78, 5) is 23.3. The lowest BCUT2D eigenvalue weighted by molar-refractivity contribution is -0.129. The molecule has 19 heavy (non-hydrogen) atoms. The van der Waals surface area contributed by atoms with Crippen LogP contribution in [0.5, 0.6) is 0 Å². The van der Waals surface area contributed by atoms with E-state index in [2.05, 4.69) is 5.32 Å². The molecular formula is C13H18N2O4. The second-order valence-corrected chi connectivity index (χ2v) is 3.95. The summed E-state index contributed by atoms with van der Waals surface area (Å²) in [5.74, 6) is -0.921. The van der Waals surface area contributed by atoms with Crippen LogP contribution in [0.1, 0.15) is 17.3 Å². The highest BCUT2D eigenvalue weighted by atomic mass is 16.5. The zero-order chi connectivity index (χ0) is 14.3. The summed E-state index contributed by atoms with van der Waals surface area (Å²) in [6, 6.07) is 6.29. The summed E-state index contributed by atoms with van der Waals surface area (Å²) in [5.41, 5.74) is 6.43. The van der Waals surface area contributed by atoms with E-state index in [1.807, 2.05) is 0 Å². The third-order valence-corrected chi connectivity index (χ3v) is 2.40. The van der Waals surface area contributed by atoms with Gasteiger partial charge in [0.15, 0.2) is 6.10 Å². The van der Waals surface area contributed by atoms with Gasteiger partial charge in [-0.1, -0.05) is 0 Å². The van der Waals surface area contributed by atoms with Crippen LogP contribution in [-0.2, 0) is 14.3 Å². The molecular weight excluding hydrogens is 248 g/mol. The highest BCUT2D eigenvalue weighted by Gasteiger charge is 2.18. The largest absolute Gasteiger partial charge is 0.449 e. The Bertz CT molecular complexity index is 431. The molecule has 1 rings (SSSR count). The lowest BCUT2D eigenvalue weighted by Crippen LogP contribution is -2.37. The Kier molecular flexibility index (Phi) is 5.81. The first-order valence-corrected chi connectivity index (χ1v) is 5.87. The fourth-order valence-corrected chi connectivity index (χ4v) is 1.32. The number of nitrogens with two attached hydrogens (primary N) is 1. The fourth-order valence-electron chi connectivity index (χ4n) is 1.32. The molecule has 6 nitrogen and oxygen atoms in total. The zero-order valence-corrected chi connectivity index (χ0v) is 11.0. The van der Waals surface area contributed by atoms with Crippen LogP contribution in [-0.4, -0.2) is 38.2 Å². The van der Waals surface area contributed by atoms with Crippen molar-refractivity contribution < 1.29 is 19.1 Å². The van der Waals surface area contributed by atoms with E-state index in [0.717, 1.165) is 0 Å². The fraction of sp³-hybridized carbons (Fsp3) is 0.385. The van der Waals surface area contributed by atoms with Crippen LogP contribution in [0, 0.1) is 0 Å². The Hall–Kier alpha value is -2.08. The first-order chi connectivity index (χ1) is 9.04. The molecule has 0 unspecified atom stereocenters. The lowest BCUT2D eigenvalue weighted by atomic mass is 10.2. The number of rotatable bonds is 6. The number of esters is 1. The quantitative estimate of drug-likeness (QED) is 0.446. The molecule has 3 N–H and O–H groups in total. The minimum atomic E-state index is -0.859. The molecule has 0 heterocycles. The van der Waals surface area contributed by atoms with Crippen molar-refractivity contribution in [1.29, 1.82) is 0 Å². The van der Waals surface area contributed by atoms with Crippen molar-refractivity contribution in [1.82, 2.24) is 5.32 Å². The summed E-state index contributed by atoms with van der Waals surface area (Å²) in [5, 5.41) is 2.59. The number of amides is 1. The molecule has 0 radical (unpaired) electrons. The van der Waals surface area contributed by atoms with Gasteiger partial charge in [-0.25, -0.2) is 4.79 Å². The van der Waals surface area contributed by atoms with E-state index in [4.69, 9.17) is 15.2 Å². The molecule has 0 saturated heterocycles. The smallest absolute Gasteiger partial charge is 0.338 e. The SMILES string of the molecule is COCCNC(=O)[C@@H](C)OC(=O)c1ccc(N)cc1. The summed E-state index contributed by atoms with van der Waals surface area (Å²) in [6.07, 6.45) is -0.859. The highest BCUT2D eigenvalue weighted by Crippen LogP contribution is 2.08. The standard InChI is InChI=1S/C13H18N2O4/c1-9(12(16)15-7-8-18-2)19-13(17)10-3-5-11(14)6-4-10/h3-6,9H,7-8,14H2,1-2H3,(H,15,16)/t9-/m1/s1. The van der Waals surface area contributed by atoms with Crippen LogP contribution in [0.15, 0.2) is 24.3 Å². The summed E-state index contributed by atoms with van der Waals surface area (Å²) in [6.45, 7) is 2.29. The molecule has 1 aromatic rings. The van der Waals surface area contributed by atoms with Crippen LogP contribution >= 0.6 is 0 Å². The number of carbonyl (C=O) groups excluding carboxylic acids is 2. The molecule has 0 spiro atoms. The van der Waals surface area contributed by atoms with E-state index in [1.165, 1.54) is 14.0 Å². The number of methoxy groups -OCH3 is 1. The molecule has 104 valence electrons. The molecule has 0 aliphatic heterocycles. The topological polar surface area (TPSA) is 90.6 Å². The number of ether oxygens (including phenoxy) is 2. The molecule has 0 aliphatic rings. The molecule has 1 atom stereocenters. The van der Waals surface area contributed by atoms with E-state index in [0.29, 0.717) is 24.4 Å². The molecule has 1 aromatic carbocycles. The summed E-state index contributed by atoms with van der Waals surface area (Å²) < 4.78 is 9.84. The first-order valence-electron chi connectivity index (χ1n) is 5.87. The van der Waals surface area contributed by atoms with Crippen LogP contribution in [0.4, 0.5) is 5.69 Å². The predicted molar refractivity (Wildman–Crippen MR) is 70.6 cm³/mol. The number of carbonyl (C=O) groups is 2. The number of anilines is 1. The predicted octanol–water partition coefficient (Wildman–Crippen LogP) is 0.577. The second-order valence-electron chi connectivity index (χ2n) is 3.95. The van der Waals surface area contributed by atoms with E-state index >= 15 is 0 Å². The van der Waals surface area contributed by atoms with Crippen LogP contribution in [0.3, 0.4) is 0 Å². The third-order valence-electron chi connectivity index (χ3n) is 2.40. The maximum atomic E-state index is 11.7. The van der Waals surface area contributed by atoms with E-state index in [-0.39, 0.29) is 5.91 Å². The Labute approximate surface area is 111 Å². The van der Waals surface area contributed by atoms with Crippen molar-refractivity contribution in [2.45, 2.75) is 13.0 Å². The summed E-state index contributed by atoms with van der Waals surface area (Å²) in [7, 11) is 1.54. The van der Waals surface area contributed by atoms with Gasteiger partial charge in [0.05, 0.1) is 12.2 Å². The number of hydrogen-bond donors (Lipinski definition) is 2. The van der Waals surface area contributed by atoms with Gasteiger partial charge in [0.1, 0.15) is 0 Å². The minimum absolute atomic E-state index is 0.353. The minimum Gasteiger partial charge on any atom is -0.449 e. The zero-order valence-electron chi connectivity index (χ0n) is 11.0. The molecule has 0 saturated carbocycles. The third kappa shape index (κ3) is 4.97. The van der Waals surface area contributed by atoms with Gasteiger partial charge in [-0.05, 0) is 31.2 Å². The van der Waals surface area contributed by atoms with Gasteiger partial charge in [0, 0.05) is 19.3 Å². The number of nitrogens with one attached hydrogen (secondary N) is 1. The van der Waals surface area contributed by atoms with Crippen molar-refractivity contribution in [2.75, 3.05) is 26.0 Å². The normalized spacial score (nSPS) is 11.7. The Morgan fingerprint density at radius 3 is 2.53 bits per heavy atom. The van der Waals surface area contributed by atoms with Crippen molar-refractivity contribution in [3.05, 3.63) is 29.8 Å². The Morgan fingerprint density at radius 2 is 1.95 bits per heavy atom. The van der Waals surface area contributed by atoms with Crippen LogP contribution < -0.4 is 11.1 Å². The van der Waals surface area contributed by atoms with Crippen molar-refractivity contribution >= 4 is 17.6 Å². The van der Waals surface area contributed by atoms with Gasteiger partial charge in [-0.15, -0.1) is 0 Å². The maximum Gasteiger partial charge on any atom is 0.338 e. The van der Waals surface area contributed by atoms with Gasteiger partial charge in [-0.3, -0.25) is 4.79 Å². The lowest BCUT2D eigenvalue weighted by Gasteiger charge is -2.13. The van der Waals surface area contributed by atoms with E-state index < -0.39 is 12.1 Å². The van der Waals surface area contributed by atoms with Gasteiger partial charge in [-0.2, -0.15) is 0 Å². The van der Waals surface area contributed by atoms with Gasteiger partial charge < -0.3 is 20.5 Å². The Morgan fingerprint density at radius 1 is 1.32 bits per heavy atom. The van der Waals surface area contributed by atoms with Gasteiger partial charge in [0.25, 0.3) is 5.91 Å². The highest BCUT2D eigenvalue weighted by molar-refractivity contribution is 5.92. The van der Waals surface area contributed by atoms with Crippen LogP contribution in [0.2, 0.25) is 0 Å². The monoisotopic (exact) mass is 266 g/mol. The molecule has 0 aromatic heterocycles. The number of nitrogen functional groups attached to an aromatic ring is 1. The molecule has 6 heteroatoms. The van der Waals surface area contributed by atoms with Crippen molar-refractivity contribution in [3.8, 4) is 0 Å². The maximum absolute atomic E-state index is 11.7. The first kappa shape index (κ1) is 15.0. The second kappa shape index (κ2) is 7.38. The number of benzene rings is 1. The van der Waals surface area contributed by atoms with E-state index in [1.54, 1.807) is 24.3 Å². The average molecular weight is 266 g/mol. The molecule has 0 bridgehead atoms. The molecule has 0 aliphatic carbocycles. The van der Waals surface area contributed by atoms with E-state index in [9.17, 15) is 9.59 Å². The van der Waals surface area contributed by atoms with Gasteiger partial charge >= 0.3 is 5.97 Å². The average Bonchev–Trinajstić information content (AvgIpc) is 2.39. The van der Waals surface area contributed by atoms with Crippen molar-refractivity contribution in [3.63, 3.8) is 0 Å². The van der Waals surface area contributed by atoms with Crippen molar-refractivity contribution in [2.24, 2.45) is 0 Å². The molecule has 1 amide bonds. The molecule has 0 fully saturated rings. The van der Waals surface area contributed by atoms with Crippen LogP contribution in [0.25, 0.3) is 0 Å². The Balaban J connectivity index is 2.47.